The third-order valence-corrected chi connectivity index (χ3v) is 8.20. The third-order valence-electron chi connectivity index (χ3n) is 8.20. The fraction of sp³-hybridized carbons (Fsp3) is 0.448. The first-order valence-electron chi connectivity index (χ1n) is 13.6. The molecule has 1 unspecified atom stereocenters. The Morgan fingerprint density at radius 3 is 2.52 bits per heavy atom. The molecule has 1 aromatic carbocycles. The van der Waals surface area contributed by atoms with Crippen LogP contribution in [0.5, 0.6) is 0 Å². The number of hydrogen-bond donors (Lipinski definition) is 2. The maximum absolute atomic E-state index is 14.2. The zero-order chi connectivity index (χ0) is 28.4. The van der Waals surface area contributed by atoms with Crippen molar-refractivity contribution >= 4 is 18.0 Å². The number of halogens is 2. The number of aromatic nitrogens is 1. The SMILES string of the molecule is COC(=O)C1=C(C)NC(=O)N(C(=O)N[C@@H]2CCN(C3CCC(c4ccccn4)CC3)C2)C1c1ccc(F)c(F)c1. The van der Waals surface area contributed by atoms with Crippen LogP contribution in [0, 0.1) is 11.6 Å². The smallest absolute Gasteiger partial charge is 0.337 e. The van der Waals surface area contributed by atoms with Gasteiger partial charge in [0, 0.05) is 48.7 Å². The largest absolute Gasteiger partial charge is 0.466 e. The van der Waals surface area contributed by atoms with Crippen LogP contribution in [-0.2, 0) is 9.53 Å². The van der Waals surface area contributed by atoms with Crippen molar-refractivity contribution in [2.45, 2.75) is 63.1 Å². The summed E-state index contributed by atoms with van der Waals surface area (Å²) in [4.78, 5) is 47.0. The number of likely N-dealkylation sites (tertiary alicyclic amines) is 1. The summed E-state index contributed by atoms with van der Waals surface area (Å²) in [7, 11) is 1.17. The van der Waals surface area contributed by atoms with Crippen LogP contribution in [0.25, 0.3) is 0 Å². The summed E-state index contributed by atoms with van der Waals surface area (Å²) >= 11 is 0. The molecular formula is C29H33F2N5O4. The topological polar surface area (TPSA) is 104 Å². The van der Waals surface area contributed by atoms with E-state index in [0.717, 1.165) is 55.0 Å². The van der Waals surface area contributed by atoms with Crippen molar-refractivity contribution in [2.24, 2.45) is 0 Å². The second-order valence-corrected chi connectivity index (χ2v) is 10.6. The van der Waals surface area contributed by atoms with E-state index in [2.05, 4.69) is 26.6 Å². The number of methoxy groups -OCH3 is 1. The molecule has 0 radical (unpaired) electrons. The summed E-state index contributed by atoms with van der Waals surface area (Å²) in [5, 5.41) is 5.46. The van der Waals surface area contributed by atoms with Crippen molar-refractivity contribution in [3.8, 4) is 0 Å². The number of nitrogens with one attached hydrogen (secondary N) is 2. The van der Waals surface area contributed by atoms with Gasteiger partial charge in [0.05, 0.1) is 12.7 Å². The summed E-state index contributed by atoms with van der Waals surface area (Å²) in [6.45, 7) is 2.94. The fourth-order valence-corrected chi connectivity index (χ4v) is 6.16. The van der Waals surface area contributed by atoms with Crippen LogP contribution in [0.1, 0.15) is 62.2 Å². The Balaban J connectivity index is 1.28. The van der Waals surface area contributed by atoms with Crippen LogP contribution in [0.15, 0.2) is 53.9 Å². The van der Waals surface area contributed by atoms with E-state index in [0.29, 0.717) is 24.9 Å². The molecule has 2 N–H and O–H groups in total. The molecule has 2 aliphatic heterocycles. The number of carbonyl (C=O) groups excluding carboxylic acids is 3. The maximum Gasteiger partial charge on any atom is 0.337 e. The molecule has 0 bridgehead atoms. The van der Waals surface area contributed by atoms with Crippen molar-refractivity contribution in [2.75, 3.05) is 20.2 Å². The van der Waals surface area contributed by atoms with Gasteiger partial charge >= 0.3 is 18.0 Å². The number of hydrogen-bond acceptors (Lipinski definition) is 6. The minimum atomic E-state index is -1.30. The average Bonchev–Trinajstić information content (AvgIpc) is 3.42. The van der Waals surface area contributed by atoms with E-state index in [9.17, 15) is 23.2 Å². The second kappa shape index (κ2) is 11.7. The summed E-state index contributed by atoms with van der Waals surface area (Å²) in [6.07, 6.45) is 6.74. The number of rotatable bonds is 5. The van der Waals surface area contributed by atoms with Crippen LogP contribution in [0.3, 0.4) is 0 Å². The van der Waals surface area contributed by atoms with Crippen molar-refractivity contribution in [1.29, 1.82) is 0 Å². The number of pyridine rings is 1. The normalized spacial score (nSPS) is 25.5. The third kappa shape index (κ3) is 5.56. The molecule has 9 nitrogen and oxygen atoms in total. The molecule has 40 heavy (non-hydrogen) atoms. The van der Waals surface area contributed by atoms with Crippen molar-refractivity contribution in [3.05, 3.63) is 76.8 Å². The summed E-state index contributed by atoms with van der Waals surface area (Å²) in [5.41, 5.74) is 1.34. The van der Waals surface area contributed by atoms with Gasteiger partial charge in [-0.15, -0.1) is 0 Å². The van der Waals surface area contributed by atoms with Gasteiger partial charge < -0.3 is 15.4 Å². The molecule has 11 heteroatoms. The van der Waals surface area contributed by atoms with Gasteiger partial charge in [0.2, 0.25) is 0 Å². The molecule has 4 amide bonds. The van der Waals surface area contributed by atoms with E-state index in [1.54, 1.807) is 0 Å². The standard InChI is InChI=1S/C29H33F2N5O4/c1-17-25(27(37)40-2)26(19-8-11-22(30)23(31)15-19)36(28(38)33-17)29(39)34-20-12-14-35(16-20)21-9-6-18(7-10-21)24-5-3-4-13-32-24/h3-5,8,11,13,15,18,20-21,26H,6-7,9-10,12,14,16H2,1-2H3,(H,33,38)(H,34,39)/t18?,20-,21?,26?/m1/s1. The molecule has 1 saturated heterocycles. The van der Waals surface area contributed by atoms with E-state index in [4.69, 9.17) is 4.74 Å². The van der Waals surface area contributed by atoms with Gasteiger partial charge in [-0.3, -0.25) is 9.88 Å². The second-order valence-electron chi connectivity index (χ2n) is 10.6. The number of amides is 4. The minimum Gasteiger partial charge on any atom is -0.466 e. The molecule has 5 rings (SSSR count). The lowest BCUT2D eigenvalue weighted by molar-refractivity contribution is -0.136. The predicted octanol–water partition coefficient (Wildman–Crippen LogP) is 4.38. The van der Waals surface area contributed by atoms with Crippen molar-refractivity contribution < 1.29 is 27.9 Å². The summed E-state index contributed by atoms with van der Waals surface area (Å²) in [6, 6.07) is 6.45. The Labute approximate surface area is 231 Å². The number of carbonyl (C=O) groups is 3. The van der Waals surface area contributed by atoms with Gasteiger partial charge in [-0.25, -0.2) is 28.1 Å². The van der Waals surface area contributed by atoms with Crippen molar-refractivity contribution in [3.63, 3.8) is 0 Å². The highest BCUT2D eigenvalue weighted by atomic mass is 19.2. The Hall–Kier alpha value is -3.86. The van der Waals surface area contributed by atoms with Crippen LogP contribution >= 0.6 is 0 Å². The van der Waals surface area contributed by atoms with Gasteiger partial charge in [-0.2, -0.15) is 0 Å². The number of urea groups is 2. The molecule has 1 saturated carbocycles. The number of imide groups is 1. The fourth-order valence-electron chi connectivity index (χ4n) is 6.16. The van der Waals surface area contributed by atoms with Gasteiger partial charge in [-0.05, 0) is 68.9 Å². The predicted molar refractivity (Wildman–Crippen MR) is 142 cm³/mol. The first kappa shape index (κ1) is 27.7. The zero-order valence-corrected chi connectivity index (χ0v) is 22.5. The van der Waals surface area contributed by atoms with Gasteiger partial charge in [0.25, 0.3) is 0 Å². The van der Waals surface area contributed by atoms with E-state index in [1.807, 2.05) is 18.3 Å². The molecule has 3 heterocycles. The van der Waals surface area contributed by atoms with E-state index in [1.165, 1.54) is 20.1 Å². The summed E-state index contributed by atoms with van der Waals surface area (Å²) < 4.78 is 32.8. The maximum atomic E-state index is 14.2. The first-order chi connectivity index (χ1) is 19.3. The highest BCUT2D eigenvalue weighted by molar-refractivity contribution is 6.01. The van der Waals surface area contributed by atoms with Crippen LogP contribution in [-0.4, -0.2) is 65.1 Å². The van der Waals surface area contributed by atoms with Crippen LogP contribution in [0.2, 0.25) is 0 Å². The molecule has 3 aliphatic rings. The van der Waals surface area contributed by atoms with Gasteiger partial charge in [0.15, 0.2) is 11.6 Å². The molecule has 0 spiro atoms. The first-order valence-corrected chi connectivity index (χ1v) is 13.6. The lowest BCUT2D eigenvalue weighted by atomic mass is 9.83. The highest BCUT2D eigenvalue weighted by Crippen LogP contribution is 2.36. The monoisotopic (exact) mass is 553 g/mol. The van der Waals surface area contributed by atoms with Crippen LogP contribution in [0.4, 0.5) is 18.4 Å². The molecule has 1 aromatic heterocycles. The molecule has 2 atom stereocenters. The number of nitrogens with zero attached hydrogens (tertiary/aromatic N) is 3. The Morgan fingerprint density at radius 1 is 1.07 bits per heavy atom. The van der Waals surface area contributed by atoms with Gasteiger partial charge in [0.1, 0.15) is 6.04 Å². The highest BCUT2D eigenvalue weighted by Gasteiger charge is 2.43. The molecule has 2 fully saturated rings. The minimum absolute atomic E-state index is 0.0408. The lowest BCUT2D eigenvalue weighted by Crippen LogP contribution is -2.56. The van der Waals surface area contributed by atoms with E-state index < -0.39 is 35.7 Å². The number of esters is 1. The Kier molecular flexibility index (Phi) is 8.11. The van der Waals surface area contributed by atoms with Gasteiger partial charge in [-0.1, -0.05) is 12.1 Å². The van der Waals surface area contributed by atoms with Crippen molar-refractivity contribution in [1.82, 2.24) is 25.4 Å². The molecule has 2 aromatic rings. The number of benzene rings is 1. The number of allylic oxidation sites excluding steroid dienone is 1. The Morgan fingerprint density at radius 2 is 1.85 bits per heavy atom. The Bertz CT molecular complexity index is 1310. The zero-order valence-electron chi connectivity index (χ0n) is 22.5. The summed E-state index contributed by atoms with van der Waals surface area (Å²) in [5.74, 6) is -2.57. The molecule has 1 aliphatic carbocycles. The molecular weight excluding hydrogens is 520 g/mol. The lowest BCUT2D eigenvalue weighted by Gasteiger charge is -2.37. The van der Waals surface area contributed by atoms with E-state index >= 15 is 0 Å². The quantitative estimate of drug-likeness (QED) is 0.533. The van der Waals surface area contributed by atoms with E-state index in [-0.39, 0.29) is 22.9 Å². The molecule has 212 valence electrons. The van der Waals surface area contributed by atoms with Crippen LogP contribution < -0.4 is 10.6 Å². The average molecular weight is 554 g/mol. The number of ether oxygens (including phenoxy) is 1.